The molecule has 3 aromatic heterocycles. The highest BCUT2D eigenvalue weighted by Gasteiger charge is 2.18. The summed E-state index contributed by atoms with van der Waals surface area (Å²) in [6.07, 6.45) is 6.73. The van der Waals surface area contributed by atoms with Gasteiger partial charge in [-0.2, -0.15) is 5.10 Å². The maximum atomic E-state index is 12.8. The highest BCUT2D eigenvalue weighted by Crippen LogP contribution is 2.25. The van der Waals surface area contributed by atoms with Crippen LogP contribution in [0.4, 0.5) is 11.4 Å². The van der Waals surface area contributed by atoms with Gasteiger partial charge >= 0.3 is 0 Å². The second-order valence-electron chi connectivity index (χ2n) is 5.98. The zero-order valence-corrected chi connectivity index (χ0v) is 15.2. The van der Waals surface area contributed by atoms with Crippen LogP contribution in [0.5, 0.6) is 0 Å². The lowest BCUT2D eigenvalue weighted by atomic mass is 10.2. The second-order valence-corrected chi connectivity index (χ2v) is 5.98. The van der Waals surface area contributed by atoms with E-state index in [1.54, 1.807) is 29.3 Å². The number of hydrogen-bond donors (Lipinski definition) is 2. The third kappa shape index (κ3) is 3.47. The predicted molar refractivity (Wildman–Crippen MR) is 102 cm³/mol. The monoisotopic (exact) mass is 373 g/mol. The van der Waals surface area contributed by atoms with E-state index in [1.165, 1.54) is 0 Å². The lowest BCUT2D eigenvalue weighted by Crippen LogP contribution is -2.43. The minimum absolute atomic E-state index is 0. The SMILES string of the molecule is Cc1cc2c(C(=O)Nc3cnccc3N3CCNCC3)nccn2n1.Cl. The highest BCUT2D eigenvalue weighted by molar-refractivity contribution is 6.08. The number of halogens is 1. The summed E-state index contributed by atoms with van der Waals surface area (Å²) >= 11 is 0. The third-order valence-electron chi connectivity index (χ3n) is 4.23. The van der Waals surface area contributed by atoms with E-state index in [0.717, 1.165) is 37.6 Å². The number of pyridine rings is 1. The largest absolute Gasteiger partial charge is 0.367 e. The van der Waals surface area contributed by atoms with Gasteiger partial charge in [-0.25, -0.2) is 9.50 Å². The van der Waals surface area contributed by atoms with E-state index in [0.29, 0.717) is 16.9 Å². The smallest absolute Gasteiger partial charge is 0.276 e. The number of fused-ring (bicyclic) bond motifs is 1. The average Bonchev–Trinajstić information content (AvgIpc) is 3.03. The van der Waals surface area contributed by atoms with Crippen molar-refractivity contribution in [2.75, 3.05) is 36.4 Å². The highest BCUT2D eigenvalue weighted by atomic mass is 35.5. The molecule has 0 bridgehead atoms. The molecule has 0 spiro atoms. The molecule has 1 amide bonds. The van der Waals surface area contributed by atoms with Gasteiger partial charge in [0, 0.05) is 44.8 Å². The first-order valence-corrected chi connectivity index (χ1v) is 8.24. The molecule has 4 heterocycles. The van der Waals surface area contributed by atoms with E-state index in [1.807, 2.05) is 19.1 Å². The van der Waals surface area contributed by atoms with Gasteiger partial charge in [-0.15, -0.1) is 12.4 Å². The second kappa shape index (κ2) is 7.67. The minimum atomic E-state index is -0.269. The van der Waals surface area contributed by atoms with Gasteiger partial charge in [0.15, 0.2) is 5.69 Å². The molecule has 3 aromatic rings. The number of nitrogens with zero attached hydrogens (tertiary/aromatic N) is 5. The van der Waals surface area contributed by atoms with Crippen LogP contribution >= 0.6 is 12.4 Å². The summed E-state index contributed by atoms with van der Waals surface area (Å²) in [4.78, 5) is 23.4. The van der Waals surface area contributed by atoms with Gasteiger partial charge in [0.2, 0.25) is 0 Å². The van der Waals surface area contributed by atoms with Crippen molar-refractivity contribution in [2.24, 2.45) is 0 Å². The fourth-order valence-corrected chi connectivity index (χ4v) is 3.07. The minimum Gasteiger partial charge on any atom is -0.367 e. The van der Waals surface area contributed by atoms with Gasteiger partial charge in [-0.3, -0.25) is 9.78 Å². The number of aryl methyl sites for hydroxylation is 1. The lowest BCUT2D eigenvalue weighted by Gasteiger charge is -2.30. The van der Waals surface area contributed by atoms with Crippen LogP contribution in [-0.4, -0.2) is 51.7 Å². The number of amides is 1. The third-order valence-corrected chi connectivity index (χ3v) is 4.23. The van der Waals surface area contributed by atoms with Gasteiger partial charge in [0.05, 0.1) is 28.8 Å². The van der Waals surface area contributed by atoms with E-state index < -0.39 is 0 Å². The number of aromatic nitrogens is 4. The van der Waals surface area contributed by atoms with Crippen molar-refractivity contribution in [2.45, 2.75) is 6.92 Å². The molecule has 8 nitrogen and oxygen atoms in total. The van der Waals surface area contributed by atoms with Crippen LogP contribution in [0, 0.1) is 6.92 Å². The maximum Gasteiger partial charge on any atom is 0.276 e. The summed E-state index contributed by atoms with van der Waals surface area (Å²) in [6, 6.07) is 3.78. The van der Waals surface area contributed by atoms with E-state index in [-0.39, 0.29) is 18.3 Å². The standard InChI is InChI=1S/C17H19N7O.ClH/c1-12-10-15-16(20-6-9-24(15)22-12)17(25)21-13-11-19-3-2-14(13)23-7-4-18-5-8-23;/h2-3,6,9-11,18H,4-5,7-8H2,1H3,(H,21,25);1H. The molecule has 1 aliphatic rings. The molecule has 4 rings (SSSR count). The zero-order chi connectivity index (χ0) is 17.2. The van der Waals surface area contributed by atoms with Crippen LogP contribution in [0.15, 0.2) is 36.9 Å². The normalized spacial score (nSPS) is 14.1. The number of anilines is 2. The quantitative estimate of drug-likeness (QED) is 0.723. The van der Waals surface area contributed by atoms with Crippen LogP contribution in [0.25, 0.3) is 5.52 Å². The van der Waals surface area contributed by atoms with Gasteiger partial charge in [0.25, 0.3) is 5.91 Å². The molecule has 1 saturated heterocycles. The van der Waals surface area contributed by atoms with Gasteiger partial charge in [-0.05, 0) is 19.1 Å². The molecule has 2 N–H and O–H groups in total. The van der Waals surface area contributed by atoms with Crippen LogP contribution in [0.2, 0.25) is 0 Å². The summed E-state index contributed by atoms with van der Waals surface area (Å²) in [6.45, 7) is 5.51. The van der Waals surface area contributed by atoms with Crippen molar-refractivity contribution >= 4 is 35.2 Å². The lowest BCUT2D eigenvalue weighted by molar-refractivity contribution is 0.102. The number of carbonyl (C=O) groups is 1. The van der Waals surface area contributed by atoms with Crippen LogP contribution in [0.3, 0.4) is 0 Å². The summed E-state index contributed by atoms with van der Waals surface area (Å²) < 4.78 is 1.66. The van der Waals surface area contributed by atoms with Crippen molar-refractivity contribution in [1.29, 1.82) is 0 Å². The Kier molecular flexibility index (Phi) is 5.34. The Labute approximate surface area is 157 Å². The molecule has 0 unspecified atom stereocenters. The summed E-state index contributed by atoms with van der Waals surface area (Å²) in [5, 5.41) is 10.6. The molecular formula is C17H20ClN7O. The van der Waals surface area contributed by atoms with Crippen molar-refractivity contribution in [3.05, 3.63) is 48.3 Å². The molecule has 9 heteroatoms. The first-order valence-electron chi connectivity index (χ1n) is 8.24. The zero-order valence-electron chi connectivity index (χ0n) is 14.3. The van der Waals surface area contributed by atoms with E-state index in [2.05, 4.69) is 30.6 Å². The molecule has 0 atom stereocenters. The average molecular weight is 374 g/mol. The number of hydrogen-bond acceptors (Lipinski definition) is 6. The Balaban J connectivity index is 0.00000196. The Hall–Kier alpha value is -2.71. The molecule has 1 aliphatic heterocycles. The first-order chi connectivity index (χ1) is 12.2. The number of carbonyl (C=O) groups excluding carboxylic acids is 1. The Morgan fingerprint density at radius 1 is 1.27 bits per heavy atom. The molecule has 0 radical (unpaired) electrons. The Bertz CT molecular complexity index is 920. The summed E-state index contributed by atoms with van der Waals surface area (Å²) in [5.74, 6) is -0.269. The van der Waals surface area contributed by atoms with Crippen LogP contribution in [-0.2, 0) is 0 Å². The predicted octanol–water partition coefficient (Wildman–Crippen LogP) is 1.52. The van der Waals surface area contributed by atoms with E-state index in [4.69, 9.17) is 0 Å². The van der Waals surface area contributed by atoms with Crippen molar-refractivity contribution < 1.29 is 4.79 Å². The molecule has 0 aliphatic carbocycles. The fourth-order valence-electron chi connectivity index (χ4n) is 3.07. The van der Waals surface area contributed by atoms with Gasteiger partial charge < -0.3 is 15.5 Å². The molecule has 0 saturated carbocycles. The van der Waals surface area contributed by atoms with E-state index >= 15 is 0 Å². The first kappa shape index (κ1) is 18.1. The molecule has 136 valence electrons. The number of nitrogens with one attached hydrogen (secondary N) is 2. The Morgan fingerprint density at radius 3 is 2.88 bits per heavy atom. The number of piperazine rings is 1. The molecule has 26 heavy (non-hydrogen) atoms. The fraction of sp³-hybridized carbons (Fsp3) is 0.294. The van der Waals surface area contributed by atoms with Gasteiger partial charge in [-0.1, -0.05) is 0 Å². The van der Waals surface area contributed by atoms with E-state index in [9.17, 15) is 4.79 Å². The topological polar surface area (TPSA) is 87.5 Å². The maximum absolute atomic E-state index is 12.8. The van der Waals surface area contributed by atoms with Crippen molar-refractivity contribution in [3.8, 4) is 0 Å². The van der Waals surface area contributed by atoms with Crippen LogP contribution < -0.4 is 15.5 Å². The molecule has 0 aromatic carbocycles. The summed E-state index contributed by atoms with van der Waals surface area (Å²) in [5.41, 5.74) is 3.53. The van der Waals surface area contributed by atoms with Crippen molar-refractivity contribution in [1.82, 2.24) is 24.9 Å². The number of rotatable bonds is 3. The molecular weight excluding hydrogens is 354 g/mol. The molecule has 1 fully saturated rings. The Morgan fingerprint density at radius 2 is 2.08 bits per heavy atom. The van der Waals surface area contributed by atoms with Crippen LogP contribution in [0.1, 0.15) is 16.2 Å². The van der Waals surface area contributed by atoms with Crippen molar-refractivity contribution in [3.63, 3.8) is 0 Å². The van der Waals surface area contributed by atoms with Gasteiger partial charge in [0.1, 0.15) is 0 Å². The summed E-state index contributed by atoms with van der Waals surface area (Å²) in [7, 11) is 0.